The second-order valence-corrected chi connectivity index (χ2v) is 7.13. The average Bonchev–Trinajstić information content (AvgIpc) is 3.28. The number of hydrogen-bond donors (Lipinski definition) is 0. The summed E-state index contributed by atoms with van der Waals surface area (Å²) in [5.74, 6) is 0.443. The highest BCUT2D eigenvalue weighted by atomic mass is 79.9. The number of rotatable bonds is 4. The monoisotopic (exact) mass is 463 g/mol. The molecule has 0 amide bonds. The predicted molar refractivity (Wildman–Crippen MR) is 101 cm³/mol. The van der Waals surface area contributed by atoms with Gasteiger partial charge in [-0.05, 0) is 40.2 Å². The molecule has 0 radical (unpaired) electrons. The highest BCUT2D eigenvalue weighted by Crippen LogP contribution is 2.34. The Morgan fingerprint density at radius 3 is 2.82 bits per heavy atom. The fraction of sp³-hybridized carbons (Fsp3) is 0.111. The molecule has 28 heavy (non-hydrogen) atoms. The molecule has 0 aliphatic heterocycles. The van der Waals surface area contributed by atoms with Crippen molar-refractivity contribution in [1.82, 2.24) is 19.7 Å². The van der Waals surface area contributed by atoms with Crippen molar-refractivity contribution in [2.24, 2.45) is 0 Å². The third-order valence-corrected chi connectivity index (χ3v) is 4.96. The van der Waals surface area contributed by atoms with Crippen molar-refractivity contribution in [2.75, 3.05) is 0 Å². The number of nitriles is 1. The van der Waals surface area contributed by atoms with Gasteiger partial charge < -0.3 is 9.09 Å². The summed E-state index contributed by atoms with van der Waals surface area (Å²) in [4.78, 5) is 8.30. The number of aromatic nitrogens is 4. The van der Waals surface area contributed by atoms with E-state index in [2.05, 4.69) is 31.1 Å². The van der Waals surface area contributed by atoms with E-state index in [0.717, 1.165) is 4.47 Å². The Bertz CT molecular complexity index is 1230. The molecule has 0 unspecified atom stereocenters. The van der Waals surface area contributed by atoms with Gasteiger partial charge >= 0.3 is 0 Å². The smallest absolute Gasteiger partial charge is 0.278 e. The Morgan fingerprint density at radius 2 is 2.11 bits per heavy atom. The third-order valence-electron chi connectivity index (χ3n) is 4.11. The summed E-state index contributed by atoms with van der Waals surface area (Å²) >= 11 is 9.50. The predicted octanol–water partition coefficient (Wildman–Crippen LogP) is 5.36. The second-order valence-electron chi connectivity index (χ2n) is 5.84. The molecule has 0 saturated heterocycles. The highest BCUT2D eigenvalue weighted by molar-refractivity contribution is 9.10. The SMILES string of the molecule is N#Cc1ccc2c(cc(C(F)F)n2Cc2noc(-c3cncc(Br)c3)n2)c1Cl. The van der Waals surface area contributed by atoms with Crippen LogP contribution in [-0.4, -0.2) is 19.7 Å². The van der Waals surface area contributed by atoms with Crippen molar-refractivity contribution in [3.63, 3.8) is 0 Å². The fourth-order valence-electron chi connectivity index (χ4n) is 2.87. The molecule has 1 aromatic carbocycles. The van der Waals surface area contributed by atoms with Gasteiger partial charge in [0.1, 0.15) is 6.07 Å². The molecule has 0 spiro atoms. The summed E-state index contributed by atoms with van der Waals surface area (Å²) in [7, 11) is 0. The van der Waals surface area contributed by atoms with Crippen LogP contribution in [0.3, 0.4) is 0 Å². The maximum absolute atomic E-state index is 13.6. The van der Waals surface area contributed by atoms with E-state index in [4.69, 9.17) is 21.4 Å². The largest absolute Gasteiger partial charge is 0.334 e. The minimum Gasteiger partial charge on any atom is -0.334 e. The van der Waals surface area contributed by atoms with Gasteiger partial charge in [-0.2, -0.15) is 10.2 Å². The van der Waals surface area contributed by atoms with Crippen LogP contribution in [0.2, 0.25) is 5.02 Å². The van der Waals surface area contributed by atoms with Crippen LogP contribution in [0.15, 0.2) is 45.7 Å². The van der Waals surface area contributed by atoms with Gasteiger partial charge in [-0.15, -0.1) is 0 Å². The zero-order valence-corrected chi connectivity index (χ0v) is 16.2. The first-order valence-corrected chi connectivity index (χ1v) is 9.08. The molecule has 10 heteroatoms. The molecule has 0 saturated carbocycles. The first-order chi connectivity index (χ1) is 13.5. The van der Waals surface area contributed by atoms with Gasteiger partial charge in [0.2, 0.25) is 0 Å². The van der Waals surface area contributed by atoms with Crippen molar-refractivity contribution in [1.29, 1.82) is 5.26 Å². The number of hydrogen-bond acceptors (Lipinski definition) is 5. The molecule has 4 aromatic rings. The number of alkyl halides is 2. The van der Waals surface area contributed by atoms with Gasteiger partial charge in [-0.25, -0.2) is 8.78 Å². The molecule has 6 nitrogen and oxygen atoms in total. The minimum absolute atomic E-state index is 0.0453. The first-order valence-electron chi connectivity index (χ1n) is 7.91. The summed E-state index contributed by atoms with van der Waals surface area (Å²) < 4.78 is 34.5. The van der Waals surface area contributed by atoms with Crippen molar-refractivity contribution >= 4 is 38.4 Å². The topological polar surface area (TPSA) is 80.5 Å². The molecule has 4 rings (SSSR count). The van der Waals surface area contributed by atoms with Crippen LogP contribution in [0.1, 0.15) is 23.5 Å². The summed E-state index contributed by atoms with van der Waals surface area (Å²) in [5.41, 5.74) is 1.02. The van der Waals surface area contributed by atoms with Crippen LogP contribution in [0.25, 0.3) is 22.4 Å². The lowest BCUT2D eigenvalue weighted by molar-refractivity contribution is 0.142. The quantitative estimate of drug-likeness (QED) is 0.406. The Kier molecular flexibility index (Phi) is 4.83. The van der Waals surface area contributed by atoms with E-state index < -0.39 is 6.43 Å². The number of benzene rings is 1. The van der Waals surface area contributed by atoms with Crippen LogP contribution in [0.4, 0.5) is 8.78 Å². The van der Waals surface area contributed by atoms with Gasteiger partial charge in [-0.3, -0.25) is 4.98 Å². The van der Waals surface area contributed by atoms with Crippen molar-refractivity contribution < 1.29 is 13.3 Å². The fourth-order valence-corrected chi connectivity index (χ4v) is 3.49. The summed E-state index contributed by atoms with van der Waals surface area (Å²) in [5, 5.41) is 13.5. The average molecular weight is 465 g/mol. The Morgan fingerprint density at radius 1 is 1.29 bits per heavy atom. The lowest BCUT2D eigenvalue weighted by atomic mass is 10.1. The summed E-state index contributed by atoms with van der Waals surface area (Å²) in [6.45, 7) is -0.0453. The standard InChI is InChI=1S/C18H9BrClF2N5O/c19-11-3-10(6-24-7-11)18-25-15(26-28-18)8-27-13-2-1-9(5-23)16(20)12(13)4-14(27)17(21)22/h1-4,6-7,17H,8H2. The van der Waals surface area contributed by atoms with E-state index in [9.17, 15) is 8.78 Å². The molecule has 140 valence electrons. The van der Waals surface area contributed by atoms with E-state index in [1.165, 1.54) is 16.7 Å². The van der Waals surface area contributed by atoms with Gasteiger partial charge in [0.25, 0.3) is 12.3 Å². The Hall–Kier alpha value is -2.83. The first kappa shape index (κ1) is 18.5. The van der Waals surface area contributed by atoms with Gasteiger partial charge in [0.15, 0.2) is 5.82 Å². The van der Waals surface area contributed by atoms with E-state index in [0.29, 0.717) is 16.5 Å². The van der Waals surface area contributed by atoms with E-state index >= 15 is 0 Å². The summed E-state index contributed by atoms with van der Waals surface area (Å²) in [6.07, 6.45) is 0.427. The van der Waals surface area contributed by atoms with E-state index in [1.54, 1.807) is 24.5 Å². The van der Waals surface area contributed by atoms with Gasteiger partial charge in [-0.1, -0.05) is 16.8 Å². The van der Waals surface area contributed by atoms with Crippen molar-refractivity contribution in [3.8, 4) is 17.5 Å². The van der Waals surface area contributed by atoms with Crippen molar-refractivity contribution in [2.45, 2.75) is 13.0 Å². The van der Waals surface area contributed by atoms with Crippen LogP contribution in [0, 0.1) is 11.3 Å². The highest BCUT2D eigenvalue weighted by Gasteiger charge is 2.21. The molecule has 3 heterocycles. The van der Waals surface area contributed by atoms with Crippen LogP contribution in [-0.2, 0) is 6.54 Å². The maximum atomic E-state index is 13.6. The second kappa shape index (κ2) is 7.30. The molecule has 0 bridgehead atoms. The normalized spacial score (nSPS) is 11.3. The zero-order valence-electron chi connectivity index (χ0n) is 13.9. The Balaban J connectivity index is 1.77. The lowest BCUT2D eigenvalue weighted by Gasteiger charge is -2.08. The molecular weight excluding hydrogens is 456 g/mol. The molecule has 0 N–H and O–H groups in total. The van der Waals surface area contributed by atoms with Crippen LogP contribution in [0.5, 0.6) is 0 Å². The number of pyridine rings is 1. The lowest BCUT2D eigenvalue weighted by Crippen LogP contribution is -2.06. The number of fused-ring (bicyclic) bond motifs is 1. The molecular formula is C18H9BrClF2N5O. The van der Waals surface area contributed by atoms with Crippen molar-refractivity contribution in [3.05, 3.63) is 63.2 Å². The van der Waals surface area contributed by atoms with Crippen LogP contribution >= 0.6 is 27.5 Å². The minimum atomic E-state index is -2.74. The van der Waals surface area contributed by atoms with Gasteiger partial charge in [0.05, 0.1) is 33.9 Å². The number of nitrogens with zero attached hydrogens (tertiary/aromatic N) is 5. The third kappa shape index (κ3) is 3.25. The van der Waals surface area contributed by atoms with E-state index in [1.807, 2.05) is 6.07 Å². The maximum Gasteiger partial charge on any atom is 0.278 e. The molecule has 0 aliphatic carbocycles. The van der Waals surface area contributed by atoms with E-state index in [-0.39, 0.29) is 34.5 Å². The van der Waals surface area contributed by atoms with Gasteiger partial charge in [0, 0.05) is 22.3 Å². The molecule has 0 atom stereocenters. The molecule has 0 fully saturated rings. The van der Waals surface area contributed by atoms with Crippen LogP contribution < -0.4 is 0 Å². The molecule has 0 aliphatic rings. The zero-order chi connectivity index (χ0) is 19.8. The number of halogens is 4. The molecule has 3 aromatic heterocycles. The Labute approximate surface area is 170 Å². The summed E-state index contributed by atoms with van der Waals surface area (Å²) in [6, 6.07) is 8.04.